The van der Waals surface area contributed by atoms with Gasteiger partial charge in [0.2, 0.25) is 5.91 Å². The molecule has 0 aromatic heterocycles. The van der Waals surface area contributed by atoms with E-state index < -0.39 is 0 Å². The van der Waals surface area contributed by atoms with Crippen LogP contribution in [-0.2, 0) is 4.79 Å². The molecule has 0 bridgehead atoms. The van der Waals surface area contributed by atoms with Crippen LogP contribution in [0.5, 0.6) is 0 Å². The van der Waals surface area contributed by atoms with Crippen LogP contribution in [0.25, 0.3) is 0 Å². The molecule has 2 aromatic carbocycles. The summed E-state index contributed by atoms with van der Waals surface area (Å²) in [6.45, 7) is 8.84. The number of nitrogens with one attached hydrogen (secondary N) is 2. The molecular weight excluding hydrogens is 284 g/mol. The molecule has 0 aliphatic carbocycles. The van der Waals surface area contributed by atoms with Crippen molar-refractivity contribution in [2.45, 2.75) is 33.7 Å². The fraction of sp³-hybridized carbons (Fsp3) is 0.350. The Labute approximate surface area is 139 Å². The van der Waals surface area contributed by atoms with Crippen molar-refractivity contribution in [3.05, 3.63) is 65.7 Å². The highest BCUT2D eigenvalue weighted by molar-refractivity contribution is 5.92. The molecule has 0 saturated carbocycles. The summed E-state index contributed by atoms with van der Waals surface area (Å²) in [5, 5.41) is 6.32. The average molecular weight is 310 g/mol. The highest BCUT2D eigenvalue weighted by Crippen LogP contribution is 2.32. The van der Waals surface area contributed by atoms with E-state index in [1.807, 2.05) is 49.4 Å². The minimum Gasteiger partial charge on any atom is -0.325 e. The van der Waals surface area contributed by atoms with Crippen LogP contribution in [-0.4, -0.2) is 12.5 Å². The van der Waals surface area contributed by atoms with Crippen LogP contribution in [0.3, 0.4) is 0 Å². The van der Waals surface area contributed by atoms with E-state index in [4.69, 9.17) is 0 Å². The van der Waals surface area contributed by atoms with E-state index in [2.05, 4.69) is 43.5 Å². The lowest BCUT2D eigenvalue weighted by atomic mass is 9.82. The third-order valence-corrected chi connectivity index (χ3v) is 3.80. The molecule has 0 heterocycles. The van der Waals surface area contributed by atoms with Crippen molar-refractivity contribution < 1.29 is 4.79 Å². The number of aryl methyl sites for hydroxylation is 1. The van der Waals surface area contributed by atoms with Crippen LogP contribution in [0.15, 0.2) is 54.6 Å². The molecule has 0 aliphatic rings. The Balaban J connectivity index is 1.98. The van der Waals surface area contributed by atoms with Crippen molar-refractivity contribution >= 4 is 11.6 Å². The molecule has 1 atom stereocenters. The summed E-state index contributed by atoms with van der Waals surface area (Å²) >= 11 is 0. The second-order valence-corrected chi connectivity index (χ2v) is 7.00. The highest BCUT2D eigenvalue weighted by atomic mass is 16.1. The number of carbonyl (C=O) groups is 1. The van der Waals surface area contributed by atoms with Crippen LogP contribution < -0.4 is 10.6 Å². The number of carbonyl (C=O) groups excluding carboxylic acids is 1. The molecular formula is C20H26N2O. The van der Waals surface area contributed by atoms with Crippen molar-refractivity contribution in [1.82, 2.24) is 5.32 Å². The van der Waals surface area contributed by atoms with Crippen LogP contribution in [0.4, 0.5) is 5.69 Å². The summed E-state index contributed by atoms with van der Waals surface area (Å²) in [6.07, 6.45) is 0. The number of anilines is 1. The number of hydrogen-bond acceptors (Lipinski definition) is 2. The number of amides is 1. The van der Waals surface area contributed by atoms with Crippen molar-refractivity contribution in [1.29, 1.82) is 0 Å². The smallest absolute Gasteiger partial charge is 0.238 e. The van der Waals surface area contributed by atoms with Gasteiger partial charge >= 0.3 is 0 Å². The summed E-state index contributed by atoms with van der Waals surface area (Å²) in [4.78, 5) is 12.2. The second kappa shape index (κ2) is 7.42. The highest BCUT2D eigenvalue weighted by Gasteiger charge is 2.26. The quantitative estimate of drug-likeness (QED) is 0.864. The van der Waals surface area contributed by atoms with E-state index in [9.17, 15) is 4.79 Å². The zero-order chi connectivity index (χ0) is 16.9. The van der Waals surface area contributed by atoms with Crippen LogP contribution in [0.2, 0.25) is 0 Å². The van der Waals surface area contributed by atoms with Gasteiger partial charge in [-0.1, -0.05) is 68.8 Å². The monoisotopic (exact) mass is 310 g/mol. The van der Waals surface area contributed by atoms with Gasteiger partial charge in [-0.3, -0.25) is 4.79 Å². The molecule has 1 amide bonds. The lowest BCUT2D eigenvalue weighted by Gasteiger charge is -2.32. The van der Waals surface area contributed by atoms with Crippen molar-refractivity contribution in [3.63, 3.8) is 0 Å². The van der Waals surface area contributed by atoms with Gasteiger partial charge in [-0.2, -0.15) is 0 Å². The molecule has 2 aromatic rings. The van der Waals surface area contributed by atoms with Gasteiger partial charge in [-0.25, -0.2) is 0 Å². The number of benzene rings is 2. The molecule has 0 spiro atoms. The first-order valence-corrected chi connectivity index (χ1v) is 8.01. The van der Waals surface area contributed by atoms with Gasteiger partial charge in [0.25, 0.3) is 0 Å². The molecule has 23 heavy (non-hydrogen) atoms. The van der Waals surface area contributed by atoms with Gasteiger partial charge < -0.3 is 10.6 Å². The summed E-state index contributed by atoms with van der Waals surface area (Å²) in [5.74, 6) is -0.0287. The van der Waals surface area contributed by atoms with Crippen molar-refractivity contribution in [2.24, 2.45) is 5.41 Å². The van der Waals surface area contributed by atoms with Crippen LogP contribution >= 0.6 is 0 Å². The summed E-state index contributed by atoms with van der Waals surface area (Å²) in [5.41, 5.74) is 3.22. The molecule has 0 saturated heterocycles. The Bertz CT molecular complexity index is 627. The van der Waals surface area contributed by atoms with Gasteiger partial charge in [0.15, 0.2) is 0 Å². The Morgan fingerprint density at radius 1 is 1.00 bits per heavy atom. The Hall–Kier alpha value is -2.13. The predicted octanol–water partition coefficient (Wildman–Crippen LogP) is 4.31. The molecule has 0 aliphatic heterocycles. The maximum atomic E-state index is 12.2. The number of rotatable bonds is 5. The van der Waals surface area contributed by atoms with Gasteiger partial charge in [0.05, 0.1) is 6.54 Å². The molecule has 2 N–H and O–H groups in total. The predicted molar refractivity (Wildman–Crippen MR) is 96.4 cm³/mol. The van der Waals surface area contributed by atoms with Gasteiger partial charge in [0, 0.05) is 11.7 Å². The van der Waals surface area contributed by atoms with E-state index >= 15 is 0 Å². The number of hydrogen-bond donors (Lipinski definition) is 2. The first kappa shape index (κ1) is 17.2. The van der Waals surface area contributed by atoms with E-state index in [0.29, 0.717) is 0 Å². The minimum atomic E-state index is -0.0287. The lowest BCUT2D eigenvalue weighted by molar-refractivity contribution is -0.115. The molecule has 0 fully saturated rings. The normalized spacial score (nSPS) is 12.7. The third kappa shape index (κ3) is 5.22. The van der Waals surface area contributed by atoms with E-state index in [1.165, 1.54) is 11.1 Å². The molecule has 3 nitrogen and oxygen atoms in total. The maximum Gasteiger partial charge on any atom is 0.238 e. The SMILES string of the molecule is Cc1ccc(NC(=O)CNC(c2ccccc2)C(C)(C)C)cc1. The van der Waals surface area contributed by atoms with Crippen LogP contribution in [0, 0.1) is 12.3 Å². The van der Waals surface area contributed by atoms with Gasteiger partial charge in [-0.05, 0) is 30.0 Å². The largest absolute Gasteiger partial charge is 0.325 e. The topological polar surface area (TPSA) is 41.1 Å². The fourth-order valence-corrected chi connectivity index (χ4v) is 2.61. The first-order valence-electron chi connectivity index (χ1n) is 8.01. The summed E-state index contributed by atoms with van der Waals surface area (Å²) in [7, 11) is 0. The van der Waals surface area contributed by atoms with E-state index in [1.54, 1.807) is 0 Å². The molecule has 1 unspecified atom stereocenters. The van der Waals surface area contributed by atoms with Crippen molar-refractivity contribution in [2.75, 3.05) is 11.9 Å². The first-order chi connectivity index (χ1) is 10.9. The zero-order valence-corrected chi connectivity index (χ0v) is 14.4. The Morgan fingerprint density at radius 3 is 2.17 bits per heavy atom. The standard InChI is InChI=1S/C20H26N2O/c1-15-10-12-17(13-11-15)22-18(23)14-21-19(20(2,3)4)16-8-6-5-7-9-16/h5-13,19,21H,14H2,1-4H3,(H,22,23). The average Bonchev–Trinajstić information content (AvgIpc) is 2.49. The Kier molecular flexibility index (Phi) is 5.56. The lowest BCUT2D eigenvalue weighted by Crippen LogP contribution is -2.37. The minimum absolute atomic E-state index is 0.0193. The second-order valence-electron chi connectivity index (χ2n) is 7.00. The van der Waals surface area contributed by atoms with Crippen molar-refractivity contribution in [3.8, 4) is 0 Å². The fourth-order valence-electron chi connectivity index (χ4n) is 2.61. The summed E-state index contributed by atoms with van der Waals surface area (Å²) < 4.78 is 0. The zero-order valence-electron chi connectivity index (χ0n) is 14.4. The maximum absolute atomic E-state index is 12.2. The molecule has 2 rings (SSSR count). The summed E-state index contributed by atoms with van der Waals surface area (Å²) in [6, 6.07) is 18.2. The molecule has 0 radical (unpaired) electrons. The molecule has 122 valence electrons. The Morgan fingerprint density at radius 2 is 1.61 bits per heavy atom. The van der Waals surface area contributed by atoms with E-state index in [0.717, 1.165) is 5.69 Å². The van der Waals surface area contributed by atoms with Gasteiger partial charge in [0.1, 0.15) is 0 Å². The van der Waals surface area contributed by atoms with Gasteiger partial charge in [-0.15, -0.1) is 0 Å². The third-order valence-electron chi connectivity index (χ3n) is 3.80. The van der Waals surface area contributed by atoms with Crippen LogP contribution in [0.1, 0.15) is 37.9 Å². The van der Waals surface area contributed by atoms with E-state index in [-0.39, 0.29) is 23.9 Å². The molecule has 3 heteroatoms.